The second-order valence-electron chi connectivity index (χ2n) is 6.16. The Labute approximate surface area is 140 Å². The zero-order valence-electron chi connectivity index (χ0n) is 13.9. The smallest absolute Gasteiger partial charge is 0.271 e. The van der Waals surface area contributed by atoms with Crippen LogP contribution in [-0.2, 0) is 7.05 Å². The van der Waals surface area contributed by atoms with E-state index in [1.54, 1.807) is 19.2 Å². The summed E-state index contributed by atoms with van der Waals surface area (Å²) in [4.78, 5) is 22.5. The number of anilines is 1. The average molecular weight is 322 g/mol. The summed E-state index contributed by atoms with van der Waals surface area (Å²) in [6.45, 7) is 12.7. The lowest BCUT2D eigenvalue weighted by Gasteiger charge is -2.39. The molecule has 1 aliphatic heterocycles. The highest BCUT2D eigenvalue weighted by Crippen LogP contribution is 2.31. The molecule has 24 heavy (non-hydrogen) atoms. The van der Waals surface area contributed by atoms with E-state index in [9.17, 15) is 10.1 Å². The molecule has 2 atom stereocenters. The maximum atomic E-state index is 12.6. The molecular formula is C17H18N6O. The van der Waals surface area contributed by atoms with Crippen molar-refractivity contribution < 1.29 is 0 Å². The molecule has 1 fully saturated rings. The number of rotatable bonds is 1. The van der Waals surface area contributed by atoms with E-state index in [0.29, 0.717) is 23.3 Å². The molecule has 0 amide bonds. The van der Waals surface area contributed by atoms with Gasteiger partial charge in [-0.3, -0.25) is 4.79 Å². The quantitative estimate of drug-likeness (QED) is 0.806. The SMILES string of the molecule is [C-]#[N+]c1ccc2c(n1)c(N1C[C@@H](C)NC[C@@H]1C)c(C#N)c(=O)n2C. The molecule has 1 saturated heterocycles. The Morgan fingerprint density at radius 3 is 2.88 bits per heavy atom. The Hall–Kier alpha value is -2.90. The molecule has 0 aromatic carbocycles. The van der Waals surface area contributed by atoms with Gasteiger partial charge in [0.25, 0.3) is 11.4 Å². The van der Waals surface area contributed by atoms with Gasteiger partial charge in [0.1, 0.15) is 17.3 Å². The van der Waals surface area contributed by atoms with Crippen molar-refractivity contribution in [1.82, 2.24) is 14.9 Å². The highest BCUT2D eigenvalue weighted by molar-refractivity contribution is 5.93. The molecule has 0 aliphatic carbocycles. The molecule has 0 spiro atoms. The number of nitrogens with one attached hydrogen (secondary N) is 1. The van der Waals surface area contributed by atoms with Crippen LogP contribution in [-0.4, -0.2) is 34.7 Å². The summed E-state index contributed by atoms with van der Waals surface area (Å²) in [5.74, 6) is 0.252. The van der Waals surface area contributed by atoms with Crippen LogP contribution in [0.25, 0.3) is 15.9 Å². The Morgan fingerprint density at radius 2 is 2.21 bits per heavy atom. The third-order valence-electron chi connectivity index (χ3n) is 4.48. The summed E-state index contributed by atoms with van der Waals surface area (Å²) in [5.41, 5.74) is 1.45. The highest BCUT2D eigenvalue weighted by Gasteiger charge is 2.30. The lowest BCUT2D eigenvalue weighted by Crippen LogP contribution is -2.55. The minimum atomic E-state index is -0.337. The summed E-state index contributed by atoms with van der Waals surface area (Å²) in [5, 5.41) is 13.0. The van der Waals surface area contributed by atoms with Gasteiger partial charge < -0.3 is 19.6 Å². The third-order valence-corrected chi connectivity index (χ3v) is 4.48. The minimum Gasteiger partial charge on any atom is -0.361 e. The van der Waals surface area contributed by atoms with E-state index < -0.39 is 0 Å². The average Bonchev–Trinajstić information content (AvgIpc) is 2.59. The number of pyridine rings is 2. The standard InChI is InChI=1S/C17H18N6O/c1-10-9-23(11(2)8-20-10)16-12(7-18)17(24)22(4)13-5-6-14(19-3)21-15(13)16/h5-6,10-11,20H,8-9H2,1-2,4H3/t10-,11+/m1/s1. The molecule has 7 nitrogen and oxygen atoms in total. The van der Waals surface area contributed by atoms with Crippen LogP contribution < -0.4 is 15.8 Å². The van der Waals surface area contributed by atoms with Crippen LogP contribution in [0.1, 0.15) is 19.4 Å². The first-order chi connectivity index (χ1) is 11.5. The summed E-state index contributed by atoms with van der Waals surface area (Å²) < 4.78 is 1.43. The van der Waals surface area contributed by atoms with Crippen molar-refractivity contribution in [3.63, 3.8) is 0 Å². The van der Waals surface area contributed by atoms with Crippen molar-refractivity contribution in [2.45, 2.75) is 25.9 Å². The monoisotopic (exact) mass is 322 g/mol. The van der Waals surface area contributed by atoms with Crippen LogP contribution in [0.2, 0.25) is 0 Å². The zero-order valence-corrected chi connectivity index (χ0v) is 13.9. The maximum absolute atomic E-state index is 12.6. The van der Waals surface area contributed by atoms with Gasteiger partial charge in [0, 0.05) is 32.2 Å². The lowest BCUT2D eigenvalue weighted by molar-refractivity contribution is 0.425. The van der Waals surface area contributed by atoms with Crippen molar-refractivity contribution in [2.75, 3.05) is 18.0 Å². The fourth-order valence-corrected chi connectivity index (χ4v) is 3.16. The fourth-order valence-electron chi connectivity index (χ4n) is 3.16. The Morgan fingerprint density at radius 1 is 1.46 bits per heavy atom. The van der Waals surface area contributed by atoms with Crippen LogP contribution in [0, 0.1) is 17.9 Å². The maximum Gasteiger partial charge on any atom is 0.271 e. The third kappa shape index (κ3) is 2.40. The summed E-state index contributed by atoms with van der Waals surface area (Å²) in [6.07, 6.45) is 0. The van der Waals surface area contributed by atoms with Gasteiger partial charge in [-0.2, -0.15) is 5.26 Å². The van der Waals surface area contributed by atoms with Gasteiger partial charge in [-0.1, -0.05) is 6.57 Å². The molecule has 1 aliphatic rings. The Kier molecular flexibility index (Phi) is 3.96. The number of piperazine rings is 1. The molecule has 0 radical (unpaired) electrons. The normalized spacial score (nSPS) is 20.6. The van der Waals surface area contributed by atoms with Crippen molar-refractivity contribution >= 4 is 22.5 Å². The number of aryl methyl sites for hydroxylation is 1. The van der Waals surface area contributed by atoms with Crippen molar-refractivity contribution in [3.05, 3.63) is 39.5 Å². The number of nitriles is 1. The lowest BCUT2D eigenvalue weighted by atomic mass is 10.1. The number of fused-ring (bicyclic) bond motifs is 1. The molecule has 0 unspecified atom stereocenters. The molecule has 2 aromatic heterocycles. The molecule has 0 bridgehead atoms. The molecule has 3 heterocycles. The topological polar surface area (TPSA) is 78.3 Å². The number of hydrogen-bond donors (Lipinski definition) is 1. The van der Waals surface area contributed by atoms with Gasteiger partial charge in [-0.25, -0.2) is 0 Å². The summed E-state index contributed by atoms with van der Waals surface area (Å²) in [6, 6.07) is 5.71. The van der Waals surface area contributed by atoms with E-state index in [-0.39, 0.29) is 29.0 Å². The van der Waals surface area contributed by atoms with Crippen LogP contribution in [0.5, 0.6) is 0 Å². The van der Waals surface area contributed by atoms with Crippen LogP contribution in [0.4, 0.5) is 11.5 Å². The van der Waals surface area contributed by atoms with Gasteiger partial charge in [0.15, 0.2) is 0 Å². The van der Waals surface area contributed by atoms with Gasteiger partial charge in [0.2, 0.25) is 5.52 Å². The molecule has 2 aromatic rings. The van der Waals surface area contributed by atoms with Gasteiger partial charge in [0.05, 0.1) is 5.52 Å². The first-order valence-electron chi connectivity index (χ1n) is 7.79. The molecule has 7 heteroatoms. The Balaban J connectivity index is 2.40. The zero-order chi connectivity index (χ0) is 17.4. The summed E-state index contributed by atoms with van der Waals surface area (Å²) in [7, 11) is 1.62. The first kappa shape index (κ1) is 16.0. The summed E-state index contributed by atoms with van der Waals surface area (Å²) >= 11 is 0. The predicted octanol–water partition coefficient (Wildman–Crippen LogP) is 1.54. The van der Waals surface area contributed by atoms with Crippen molar-refractivity contribution in [3.8, 4) is 6.07 Å². The Bertz CT molecular complexity index is 949. The van der Waals surface area contributed by atoms with E-state index in [4.69, 9.17) is 6.57 Å². The van der Waals surface area contributed by atoms with E-state index in [1.807, 2.05) is 6.92 Å². The van der Waals surface area contributed by atoms with E-state index in [2.05, 4.69) is 33.0 Å². The number of aromatic nitrogens is 2. The molecular weight excluding hydrogens is 304 g/mol. The second kappa shape index (κ2) is 5.95. The van der Waals surface area contributed by atoms with E-state index in [0.717, 1.165) is 6.54 Å². The van der Waals surface area contributed by atoms with Crippen molar-refractivity contribution in [1.29, 1.82) is 5.26 Å². The fraction of sp³-hybridized carbons (Fsp3) is 0.412. The first-order valence-corrected chi connectivity index (χ1v) is 7.79. The second-order valence-corrected chi connectivity index (χ2v) is 6.16. The predicted molar refractivity (Wildman–Crippen MR) is 92.2 cm³/mol. The highest BCUT2D eigenvalue weighted by atomic mass is 16.1. The molecule has 3 rings (SSSR count). The molecule has 1 N–H and O–H groups in total. The van der Waals surface area contributed by atoms with Crippen LogP contribution in [0.15, 0.2) is 16.9 Å². The molecule has 122 valence electrons. The van der Waals surface area contributed by atoms with E-state index in [1.165, 1.54) is 4.57 Å². The number of nitrogens with zero attached hydrogens (tertiary/aromatic N) is 5. The minimum absolute atomic E-state index is 0.0839. The van der Waals surface area contributed by atoms with Gasteiger partial charge >= 0.3 is 0 Å². The van der Waals surface area contributed by atoms with Crippen molar-refractivity contribution in [2.24, 2.45) is 7.05 Å². The van der Waals surface area contributed by atoms with Crippen LogP contribution in [0.3, 0.4) is 0 Å². The number of hydrogen-bond acceptors (Lipinski definition) is 5. The van der Waals surface area contributed by atoms with E-state index >= 15 is 0 Å². The van der Waals surface area contributed by atoms with Crippen LogP contribution >= 0.6 is 0 Å². The van der Waals surface area contributed by atoms with Gasteiger partial charge in [-0.05, 0) is 26.0 Å². The molecule has 0 saturated carbocycles. The van der Waals surface area contributed by atoms with Gasteiger partial charge in [-0.15, -0.1) is 4.98 Å². The largest absolute Gasteiger partial charge is 0.361 e.